The Morgan fingerprint density at radius 3 is 2.19 bits per heavy atom. The van der Waals surface area contributed by atoms with Crippen LogP contribution in [0.25, 0.3) is 0 Å². The van der Waals surface area contributed by atoms with Crippen molar-refractivity contribution in [2.45, 2.75) is 88.6 Å². The first-order valence-electron chi connectivity index (χ1n) is 11.3. The van der Waals surface area contributed by atoms with Gasteiger partial charge in [-0.25, -0.2) is 0 Å². The average molecular weight is 382 g/mol. The van der Waals surface area contributed by atoms with E-state index in [1.54, 1.807) is 0 Å². The first-order valence-corrected chi connectivity index (χ1v) is 11.3. The normalized spacial score (nSPS) is 46.9. The van der Waals surface area contributed by atoms with Gasteiger partial charge in [0.25, 0.3) is 0 Å². The van der Waals surface area contributed by atoms with E-state index in [0.29, 0.717) is 18.6 Å². The van der Waals surface area contributed by atoms with Gasteiger partial charge >= 0.3 is 0 Å². The van der Waals surface area contributed by atoms with Gasteiger partial charge in [-0.05, 0) is 81.6 Å². The fourth-order valence-corrected chi connectivity index (χ4v) is 7.28. The second-order valence-electron chi connectivity index (χ2n) is 10.3. The van der Waals surface area contributed by atoms with E-state index in [1.807, 2.05) is 11.9 Å². The Labute approximate surface area is 164 Å². The Morgan fingerprint density at radius 1 is 0.963 bits per heavy atom. The van der Waals surface area contributed by atoms with E-state index in [0.717, 1.165) is 24.2 Å². The Balaban J connectivity index is 1.17. The number of piperidine rings is 1. The minimum absolute atomic E-state index is 0.0586. The molecule has 0 aromatic heterocycles. The van der Waals surface area contributed by atoms with Crippen LogP contribution in [0.1, 0.15) is 64.2 Å². The highest BCUT2D eigenvalue weighted by Gasteiger charge is 2.50. The molecule has 4 aliphatic carbocycles. The van der Waals surface area contributed by atoms with Gasteiger partial charge in [-0.2, -0.15) is 0 Å². The minimum Gasteiger partial charge on any atom is -0.395 e. The molecule has 0 amide bonds. The van der Waals surface area contributed by atoms with Crippen molar-refractivity contribution < 1.29 is 20.1 Å². The first-order chi connectivity index (χ1) is 13.0. The van der Waals surface area contributed by atoms with E-state index in [4.69, 9.17) is 4.74 Å². The molecule has 4 saturated carbocycles. The largest absolute Gasteiger partial charge is 0.395 e. The lowest BCUT2D eigenvalue weighted by Gasteiger charge is -2.57. The molecule has 156 valence electrons. The molecule has 5 aliphatic rings. The number of likely N-dealkylation sites (N-methyl/N-ethyl adjacent to an activating group) is 1. The van der Waals surface area contributed by atoms with Gasteiger partial charge in [0.15, 0.2) is 0 Å². The van der Waals surface area contributed by atoms with Crippen molar-refractivity contribution in [3.8, 4) is 0 Å². The topological polar surface area (TPSA) is 73.2 Å². The summed E-state index contributed by atoms with van der Waals surface area (Å²) in [6, 6.07) is -0.240. The van der Waals surface area contributed by atoms with Crippen molar-refractivity contribution in [2.24, 2.45) is 23.2 Å². The van der Waals surface area contributed by atoms with Crippen molar-refractivity contribution in [2.75, 3.05) is 26.8 Å². The molecule has 1 saturated heterocycles. The fraction of sp³-hybridized carbons (Fsp3) is 1.00. The third kappa shape index (κ3) is 4.23. The summed E-state index contributed by atoms with van der Waals surface area (Å²) in [5.74, 6) is 3.10. The minimum atomic E-state index is -0.912. The highest BCUT2D eigenvalue weighted by molar-refractivity contribution is 5.01. The molecule has 4 bridgehead atoms. The molecule has 5 heteroatoms. The van der Waals surface area contributed by atoms with E-state index < -0.39 is 18.3 Å². The van der Waals surface area contributed by atoms with Crippen molar-refractivity contribution in [3.63, 3.8) is 0 Å². The van der Waals surface area contributed by atoms with Gasteiger partial charge in [-0.3, -0.25) is 4.90 Å². The van der Waals surface area contributed by atoms with Crippen LogP contribution < -0.4 is 0 Å². The molecule has 0 unspecified atom stereocenters. The Kier molecular flexibility index (Phi) is 6.15. The summed E-state index contributed by atoms with van der Waals surface area (Å²) < 4.78 is 5.92. The van der Waals surface area contributed by atoms with Crippen LogP contribution in [0.3, 0.4) is 0 Å². The molecule has 3 N–H and O–H groups in total. The predicted octanol–water partition coefficient (Wildman–Crippen LogP) is 2.18. The summed E-state index contributed by atoms with van der Waals surface area (Å²) in [5.41, 5.74) is 0.671. The highest BCUT2D eigenvalue weighted by Crippen LogP contribution is 2.61. The van der Waals surface area contributed by atoms with Crippen molar-refractivity contribution in [3.05, 3.63) is 0 Å². The maximum absolute atomic E-state index is 10.2. The van der Waals surface area contributed by atoms with E-state index in [1.165, 1.54) is 57.8 Å². The molecule has 5 fully saturated rings. The Hall–Kier alpha value is -0.200. The van der Waals surface area contributed by atoms with Crippen LogP contribution >= 0.6 is 0 Å². The van der Waals surface area contributed by atoms with Crippen LogP contribution in [-0.4, -0.2) is 71.4 Å². The third-order valence-electron chi connectivity index (χ3n) is 8.17. The summed E-state index contributed by atoms with van der Waals surface area (Å²) in [7, 11) is 1.86. The number of nitrogens with zero attached hydrogens (tertiary/aromatic N) is 1. The zero-order valence-corrected chi connectivity index (χ0v) is 16.9. The lowest BCUT2D eigenvalue weighted by molar-refractivity contribution is -0.162. The van der Waals surface area contributed by atoms with Crippen molar-refractivity contribution in [1.29, 1.82) is 0 Å². The van der Waals surface area contributed by atoms with Gasteiger partial charge in [-0.1, -0.05) is 12.8 Å². The quantitative estimate of drug-likeness (QED) is 0.562. The van der Waals surface area contributed by atoms with Crippen molar-refractivity contribution in [1.82, 2.24) is 4.90 Å². The second-order valence-corrected chi connectivity index (χ2v) is 10.3. The SMILES string of the molecule is CN1C[C@H](O)[C@@H](O)[C@H](OCCCCCC23CC4CC(CC(C4)C2)C3)[C@H]1CO. The zero-order chi connectivity index (χ0) is 19.0. The molecule has 0 aromatic carbocycles. The number of likely N-dealkylation sites (tertiary alicyclic amines) is 1. The lowest BCUT2D eigenvalue weighted by atomic mass is 9.48. The molecule has 0 aromatic rings. The fourth-order valence-electron chi connectivity index (χ4n) is 7.28. The van der Waals surface area contributed by atoms with E-state index in [2.05, 4.69) is 0 Å². The van der Waals surface area contributed by atoms with E-state index >= 15 is 0 Å². The number of β-amino-alcohol motifs (C(OH)–C–C–N with tert-alkyl or cyclic N) is 1. The van der Waals surface area contributed by atoms with Gasteiger partial charge in [0.2, 0.25) is 0 Å². The number of aliphatic hydroxyl groups is 3. The number of aliphatic hydroxyl groups excluding tert-OH is 3. The molecule has 27 heavy (non-hydrogen) atoms. The lowest BCUT2D eigenvalue weighted by Crippen LogP contribution is -2.62. The highest BCUT2D eigenvalue weighted by atomic mass is 16.5. The van der Waals surface area contributed by atoms with Gasteiger partial charge in [0.1, 0.15) is 12.2 Å². The molecule has 5 rings (SSSR count). The summed E-state index contributed by atoms with van der Waals surface area (Å²) in [6.45, 7) is 0.911. The van der Waals surface area contributed by atoms with E-state index in [9.17, 15) is 15.3 Å². The molecule has 1 heterocycles. The third-order valence-corrected chi connectivity index (χ3v) is 8.17. The number of unbranched alkanes of at least 4 members (excludes halogenated alkanes) is 2. The van der Waals surface area contributed by atoms with Crippen LogP contribution in [0.5, 0.6) is 0 Å². The number of hydrogen-bond donors (Lipinski definition) is 3. The smallest absolute Gasteiger partial charge is 0.109 e. The molecule has 0 radical (unpaired) electrons. The molecule has 1 aliphatic heterocycles. The Morgan fingerprint density at radius 2 is 1.59 bits per heavy atom. The molecule has 0 spiro atoms. The summed E-state index contributed by atoms with van der Waals surface area (Å²) >= 11 is 0. The van der Waals surface area contributed by atoms with Crippen LogP contribution in [-0.2, 0) is 4.74 Å². The van der Waals surface area contributed by atoms with Crippen LogP contribution in [0.2, 0.25) is 0 Å². The molecular formula is C22H39NO4. The Bertz CT molecular complexity index is 463. The standard InChI is InChI=1S/C22H39NO4/c1-23-13-19(25)20(26)21(18(23)14-24)27-6-4-2-3-5-22-10-15-7-16(11-22)9-17(8-15)12-22/h15-21,24-26H,2-14H2,1H3/t15?,16?,17?,18-,19+,20-,21-,22?/m1/s1. The number of hydrogen-bond acceptors (Lipinski definition) is 5. The molecule has 4 atom stereocenters. The molecular weight excluding hydrogens is 342 g/mol. The van der Waals surface area contributed by atoms with Gasteiger partial charge < -0.3 is 20.1 Å². The monoisotopic (exact) mass is 381 g/mol. The summed E-state index contributed by atoms with van der Waals surface area (Å²) in [6.07, 6.45) is 11.6. The van der Waals surface area contributed by atoms with Crippen LogP contribution in [0.15, 0.2) is 0 Å². The van der Waals surface area contributed by atoms with Gasteiger partial charge in [-0.15, -0.1) is 0 Å². The van der Waals surface area contributed by atoms with Crippen LogP contribution in [0.4, 0.5) is 0 Å². The molecule has 5 nitrogen and oxygen atoms in total. The maximum atomic E-state index is 10.2. The number of rotatable bonds is 8. The summed E-state index contributed by atoms with van der Waals surface area (Å²) in [4.78, 5) is 1.88. The second kappa shape index (κ2) is 8.27. The zero-order valence-electron chi connectivity index (χ0n) is 16.9. The van der Waals surface area contributed by atoms with E-state index in [-0.39, 0.29) is 12.6 Å². The van der Waals surface area contributed by atoms with Crippen molar-refractivity contribution >= 4 is 0 Å². The first kappa shape index (κ1) is 20.1. The van der Waals surface area contributed by atoms with Gasteiger partial charge in [0, 0.05) is 13.2 Å². The predicted molar refractivity (Wildman–Crippen MR) is 104 cm³/mol. The van der Waals surface area contributed by atoms with Crippen LogP contribution in [0, 0.1) is 23.2 Å². The average Bonchev–Trinajstić information content (AvgIpc) is 2.60. The van der Waals surface area contributed by atoms with Gasteiger partial charge in [0.05, 0.1) is 18.8 Å². The summed E-state index contributed by atoms with van der Waals surface area (Å²) in [5, 5.41) is 29.8. The maximum Gasteiger partial charge on any atom is 0.109 e. The number of ether oxygens (including phenoxy) is 1.